The molecule has 0 heterocycles. The number of nitrogen functional groups attached to an aromatic ring is 1. The second-order valence-corrected chi connectivity index (χ2v) is 4.18. The Balaban J connectivity index is 2.63. The van der Waals surface area contributed by atoms with E-state index < -0.39 is 4.92 Å². The first-order valence-corrected chi connectivity index (χ1v) is 5.96. The lowest BCUT2D eigenvalue weighted by Gasteiger charge is -2.14. The Morgan fingerprint density at radius 3 is 2.74 bits per heavy atom. The van der Waals surface area contributed by atoms with Gasteiger partial charge in [-0.1, -0.05) is 6.92 Å². The van der Waals surface area contributed by atoms with Crippen molar-refractivity contribution in [2.45, 2.75) is 6.92 Å². The molecular formula is C12H18N4O3. The van der Waals surface area contributed by atoms with Crippen molar-refractivity contribution in [1.29, 1.82) is 0 Å². The maximum Gasteiger partial charge on any atom is 0.292 e. The van der Waals surface area contributed by atoms with Crippen molar-refractivity contribution in [3.8, 4) is 0 Å². The second-order valence-electron chi connectivity index (χ2n) is 4.18. The number of likely N-dealkylation sites (N-methyl/N-ethyl adjacent to an activating group) is 1. The number of nitrogens with zero attached hydrogens (tertiary/aromatic N) is 2. The Bertz CT molecular complexity index is 476. The number of nitro groups is 1. The third-order valence-electron chi connectivity index (χ3n) is 2.81. The number of rotatable bonds is 6. The van der Waals surface area contributed by atoms with Gasteiger partial charge >= 0.3 is 0 Å². The molecule has 7 nitrogen and oxygen atoms in total. The molecule has 0 aliphatic carbocycles. The lowest BCUT2D eigenvalue weighted by atomic mass is 10.1. The molecule has 0 radical (unpaired) electrons. The number of nitro benzene ring substituents is 1. The smallest absolute Gasteiger partial charge is 0.292 e. The van der Waals surface area contributed by atoms with Crippen LogP contribution in [0.4, 0.5) is 11.4 Å². The van der Waals surface area contributed by atoms with Crippen molar-refractivity contribution in [3.05, 3.63) is 33.9 Å². The number of amides is 1. The monoisotopic (exact) mass is 266 g/mol. The fourth-order valence-corrected chi connectivity index (χ4v) is 1.48. The molecule has 1 aromatic rings. The zero-order valence-corrected chi connectivity index (χ0v) is 11.0. The highest BCUT2D eigenvalue weighted by molar-refractivity contribution is 5.95. The van der Waals surface area contributed by atoms with E-state index in [4.69, 9.17) is 5.73 Å². The van der Waals surface area contributed by atoms with Crippen LogP contribution in [0.5, 0.6) is 0 Å². The normalized spacial score (nSPS) is 10.5. The number of anilines is 1. The van der Waals surface area contributed by atoms with Crippen molar-refractivity contribution < 1.29 is 9.72 Å². The molecule has 1 amide bonds. The van der Waals surface area contributed by atoms with Crippen LogP contribution in [-0.2, 0) is 0 Å². The standard InChI is InChI=1S/C12H18N4O3/c1-3-15(2)7-6-14-12(17)9-4-5-11(16(18)19)10(13)8-9/h4-5,8H,3,6-7,13H2,1-2H3,(H,14,17). The lowest BCUT2D eigenvalue weighted by Crippen LogP contribution is -2.32. The third kappa shape index (κ3) is 4.22. The van der Waals surface area contributed by atoms with Crippen LogP contribution in [-0.4, -0.2) is 42.4 Å². The molecule has 7 heteroatoms. The zero-order chi connectivity index (χ0) is 14.4. The van der Waals surface area contributed by atoms with E-state index in [-0.39, 0.29) is 17.3 Å². The van der Waals surface area contributed by atoms with E-state index in [1.165, 1.54) is 18.2 Å². The molecule has 1 aromatic carbocycles. The maximum atomic E-state index is 11.8. The van der Waals surface area contributed by atoms with E-state index in [0.717, 1.165) is 13.1 Å². The summed E-state index contributed by atoms with van der Waals surface area (Å²) in [7, 11) is 1.95. The first-order chi connectivity index (χ1) is 8.95. The molecule has 0 saturated heterocycles. The highest BCUT2D eigenvalue weighted by Crippen LogP contribution is 2.21. The molecule has 3 N–H and O–H groups in total. The van der Waals surface area contributed by atoms with Crippen LogP contribution in [0.15, 0.2) is 18.2 Å². The van der Waals surface area contributed by atoms with Crippen LogP contribution in [0.1, 0.15) is 17.3 Å². The molecule has 0 aliphatic heterocycles. The van der Waals surface area contributed by atoms with E-state index in [9.17, 15) is 14.9 Å². The largest absolute Gasteiger partial charge is 0.393 e. The summed E-state index contributed by atoms with van der Waals surface area (Å²) < 4.78 is 0. The van der Waals surface area contributed by atoms with Gasteiger partial charge in [0.25, 0.3) is 11.6 Å². The molecule has 1 rings (SSSR count). The minimum atomic E-state index is -0.576. The Morgan fingerprint density at radius 2 is 2.21 bits per heavy atom. The van der Waals surface area contributed by atoms with Crippen LogP contribution >= 0.6 is 0 Å². The summed E-state index contributed by atoms with van der Waals surface area (Å²) in [6.07, 6.45) is 0. The summed E-state index contributed by atoms with van der Waals surface area (Å²) in [5.41, 5.74) is 5.65. The van der Waals surface area contributed by atoms with Crippen LogP contribution in [0.2, 0.25) is 0 Å². The average molecular weight is 266 g/mol. The first-order valence-electron chi connectivity index (χ1n) is 5.96. The maximum absolute atomic E-state index is 11.8. The second kappa shape index (κ2) is 6.69. The van der Waals surface area contributed by atoms with Crippen LogP contribution in [0.3, 0.4) is 0 Å². The highest BCUT2D eigenvalue weighted by atomic mass is 16.6. The summed E-state index contributed by atoms with van der Waals surface area (Å²) in [5.74, 6) is -0.286. The van der Waals surface area contributed by atoms with Crippen LogP contribution in [0.25, 0.3) is 0 Å². The summed E-state index contributed by atoms with van der Waals surface area (Å²) >= 11 is 0. The van der Waals surface area contributed by atoms with Gasteiger partial charge in [0.15, 0.2) is 0 Å². The van der Waals surface area contributed by atoms with Gasteiger partial charge in [-0.2, -0.15) is 0 Å². The fraction of sp³-hybridized carbons (Fsp3) is 0.417. The van der Waals surface area contributed by atoms with E-state index >= 15 is 0 Å². The van der Waals surface area contributed by atoms with Crippen molar-refractivity contribution in [2.24, 2.45) is 0 Å². The van der Waals surface area contributed by atoms with E-state index in [0.29, 0.717) is 12.1 Å². The van der Waals surface area contributed by atoms with Crippen LogP contribution in [0, 0.1) is 10.1 Å². The Hall–Kier alpha value is -2.15. The molecule has 0 aromatic heterocycles. The van der Waals surface area contributed by atoms with Gasteiger partial charge in [0.2, 0.25) is 0 Å². The number of nitrogens with two attached hydrogens (primary N) is 1. The Labute approximate surface area is 111 Å². The van der Waals surface area contributed by atoms with Gasteiger partial charge in [-0.3, -0.25) is 14.9 Å². The van der Waals surface area contributed by atoms with Gasteiger partial charge in [-0.05, 0) is 25.7 Å². The lowest BCUT2D eigenvalue weighted by molar-refractivity contribution is -0.383. The highest BCUT2D eigenvalue weighted by Gasteiger charge is 2.14. The minimum Gasteiger partial charge on any atom is -0.393 e. The van der Waals surface area contributed by atoms with E-state index in [2.05, 4.69) is 10.2 Å². The minimum absolute atomic E-state index is 0.0108. The topological polar surface area (TPSA) is 102 Å². The molecule has 0 fully saturated rings. The third-order valence-corrected chi connectivity index (χ3v) is 2.81. The predicted octanol–water partition coefficient (Wildman–Crippen LogP) is 0.859. The number of hydrogen-bond acceptors (Lipinski definition) is 5. The number of benzene rings is 1. The van der Waals surface area contributed by atoms with Gasteiger partial charge in [0.1, 0.15) is 5.69 Å². The van der Waals surface area contributed by atoms with Gasteiger partial charge in [-0.25, -0.2) is 0 Å². The summed E-state index contributed by atoms with van der Waals surface area (Å²) in [4.78, 5) is 23.9. The number of hydrogen-bond donors (Lipinski definition) is 2. The molecule has 0 saturated carbocycles. The van der Waals surface area contributed by atoms with Crippen LogP contribution < -0.4 is 11.1 Å². The van der Waals surface area contributed by atoms with Crippen molar-refractivity contribution in [1.82, 2.24) is 10.2 Å². The summed E-state index contributed by atoms with van der Waals surface area (Å²) in [6.45, 7) is 4.18. The van der Waals surface area contributed by atoms with Crippen molar-refractivity contribution in [3.63, 3.8) is 0 Å². The first kappa shape index (κ1) is 14.9. The molecule has 0 aliphatic rings. The van der Waals surface area contributed by atoms with E-state index in [1.54, 1.807) is 0 Å². The van der Waals surface area contributed by atoms with Gasteiger partial charge < -0.3 is 16.0 Å². The number of carbonyl (C=O) groups excluding carboxylic acids is 1. The van der Waals surface area contributed by atoms with Gasteiger partial charge in [-0.15, -0.1) is 0 Å². The molecule has 104 valence electrons. The van der Waals surface area contributed by atoms with E-state index in [1.807, 2.05) is 14.0 Å². The number of carbonyl (C=O) groups is 1. The fourth-order valence-electron chi connectivity index (χ4n) is 1.48. The molecule has 19 heavy (non-hydrogen) atoms. The predicted molar refractivity (Wildman–Crippen MR) is 73.0 cm³/mol. The summed E-state index contributed by atoms with van der Waals surface area (Å²) in [5, 5.41) is 13.3. The molecule has 0 spiro atoms. The SMILES string of the molecule is CCN(C)CCNC(=O)c1ccc([N+](=O)[O-])c(N)c1. The van der Waals surface area contributed by atoms with Crippen molar-refractivity contribution in [2.75, 3.05) is 32.4 Å². The zero-order valence-electron chi connectivity index (χ0n) is 11.0. The molecule has 0 unspecified atom stereocenters. The van der Waals surface area contributed by atoms with Crippen molar-refractivity contribution >= 4 is 17.3 Å². The molecule has 0 bridgehead atoms. The quantitative estimate of drug-likeness (QED) is 0.451. The van der Waals surface area contributed by atoms with Gasteiger partial charge in [0, 0.05) is 24.7 Å². The average Bonchev–Trinajstić information content (AvgIpc) is 2.37. The number of nitrogens with one attached hydrogen (secondary N) is 1. The Morgan fingerprint density at radius 1 is 1.53 bits per heavy atom. The molecular weight excluding hydrogens is 248 g/mol. The van der Waals surface area contributed by atoms with Gasteiger partial charge in [0.05, 0.1) is 4.92 Å². The summed E-state index contributed by atoms with van der Waals surface area (Å²) in [6, 6.07) is 3.95. The molecule has 0 atom stereocenters. The Kier molecular flexibility index (Phi) is 5.25.